The number of aliphatic hydroxyl groups is 1. The number of ether oxygens (including phenoxy) is 2. The fourth-order valence-corrected chi connectivity index (χ4v) is 4.60. The zero-order valence-electron chi connectivity index (χ0n) is 23.4. The number of nitrogens with one attached hydrogen (secondary N) is 1. The third-order valence-electron chi connectivity index (χ3n) is 5.14. The van der Waals surface area contributed by atoms with E-state index in [4.69, 9.17) is 21.1 Å². The van der Waals surface area contributed by atoms with Gasteiger partial charge in [0.15, 0.2) is 0 Å². The topological polar surface area (TPSA) is 88.0 Å². The molecule has 3 N–H and O–H groups in total. The van der Waals surface area contributed by atoms with Crippen LogP contribution >= 0.6 is 23.4 Å². The molecule has 0 aliphatic heterocycles. The molecular weight excluding hydrogens is 534 g/mol. The van der Waals surface area contributed by atoms with Gasteiger partial charge in [-0.25, -0.2) is 4.79 Å². The normalized spacial score (nSPS) is 11.7. The van der Waals surface area contributed by atoms with Crippen LogP contribution in [0.25, 0.3) is 0 Å². The number of alkyl carbamates (subject to hydrolysis) is 1. The molecule has 1 amide bonds. The van der Waals surface area contributed by atoms with Crippen LogP contribution in [0.4, 0.5) is 4.79 Å². The molecule has 1 atom stereocenters. The van der Waals surface area contributed by atoms with E-state index in [0.29, 0.717) is 35.1 Å². The van der Waals surface area contributed by atoms with Gasteiger partial charge in [0.05, 0.1) is 17.5 Å². The first-order valence-corrected chi connectivity index (χ1v) is 14.3. The number of halogens is 1. The molecule has 0 aromatic heterocycles. The molecule has 0 bridgehead atoms. The lowest BCUT2D eigenvalue weighted by molar-refractivity contribution is 0.0479. The minimum absolute atomic E-state index is 0.159. The summed E-state index contributed by atoms with van der Waals surface area (Å²) < 4.78 is 11.1. The van der Waals surface area contributed by atoms with Crippen molar-refractivity contribution in [2.45, 2.75) is 81.9 Å². The Balaban J connectivity index is 0.00000170. The number of rotatable bonds is 10. The quantitative estimate of drug-likeness (QED) is 0.228. The second-order valence-corrected chi connectivity index (χ2v) is 11.6. The lowest BCUT2D eigenvalue weighted by Gasteiger charge is -2.22. The van der Waals surface area contributed by atoms with Gasteiger partial charge in [-0.15, -0.1) is 0 Å². The second kappa shape index (κ2) is 16.3. The smallest absolute Gasteiger partial charge is 0.407 e. The summed E-state index contributed by atoms with van der Waals surface area (Å²) in [6.45, 7) is 9.84. The van der Waals surface area contributed by atoms with Crippen molar-refractivity contribution in [3.05, 3.63) is 82.9 Å². The van der Waals surface area contributed by atoms with E-state index in [1.807, 2.05) is 48.5 Å². The number of amides is 1. The van der Waals surface area contributed by atoms with Gasteiger partial charge in [0.1, 0.15) is 23.7 Å². The standard InChI is InChI=1S/C28H32ClNO5S.C3H8/c1-28(2,3)35-27(33)30-21(17-31)11-9-20-10-13-23(16-24(20)29)36-26-15-22(12-14-25(26)32)34-18-19-7-5-4-6-8-19;1-3-2/h4-8,10,12-16,21,31-32H,9,11,17-18H2,1-3H3,(H,30,33);3H2,1-2H3. The molecule has 0 aliphatic carbocycles. The van der Waals surface area contributed by atoms with Gasteiger partial charge in [-0.05, 0) is 75.1 Å². The lowest BCUT2D eigenvalue weighted by atomic mass is 10.1. The van der Waals surface area contributed by atoms with Crippen molar-refractivity contribution in [2.75, 3.05) is 6.61 Å². The molecular formula is C31H40ClNO5S. The van der Waals surface area contributed by atoms with Gasteiger partial charge in [-0.2, -0.15) is 0 Å². The molecule has 3 aromatic rings. The monoisotopic (exact) mass is 573 g/mol. The van der Waals surface area contributed by atoms with E-state index in [0.717, 1.165) is 16.0 Å². The van der Waals surface area contributed by atoms with Crippen LogP contribution < -0.4 is 10.1 Å². The van der Waals surface area contributed by atoms with Crippen LogP contribution in [0.3, 0.4) is 0 Å². The summed E-state index contributed by atoms with van der Waals surface area (Å²) in [5.74, 6) is 0.820. The Bertz CT molecular complexity index is 1170. The predicted molar refractivity (Wildman–Crippen MR) is 159 cm³/mol. The second-order valence-electron chi connectivity index (χ2n) is 10.0. The molecule has 0 heterocycles. The number of aromatic hydroxyl groups is 1. The van der Waals surface area contributed by atoms with Crippen LogP contribution in [0, 0.1) is 0 Å². The number of aryl methyl sites for hydroxylation is 1. The fourth-order valence-electron chi connectivity index (χ4n) is 3.34. The van der Waals surface area contributed by atoms with Gasteiger partial charge < -0.3 is 25.0 Å². The van der Waals surface area contributed by atoms with Crippen molar-refractivity contribution in [1.29, 1.82) is 0 Å². The maximum atomic E-state index is 12.0. The number of carbonyl (C=O) groups excluding carboxylic acids is 1. The van der Waals surface area contributed by atoms with E-state index in [9.17, 15) is 15.0 Å². The summed E-state index contributed by atoms with van der Waals surface area (Å²) in [6, 6.07) is 20.3. The minimum atomic E-state index is -0.608. The average Bonchev–Trinajstić information content (AvgIpc) is 2.88. The Labute approximate surface area is 241 Å². The highest BCUT2D eigenvalue weighted by molar-refractivity contribution is 7.99. The highest BCUT2D eigenvalue weighted by Crippen LogP contribution is 2.38. The van der Waals surface area contributed by atoms with Crippen molar-refractivity contribution < 1.29 is 24.5 Å². The number of phenols is 1. The van der Waals surface area contributed by atoms with Crippen molar-refractivity contribution in [2.24, 2.45) is 0 Å². The third-order valence-corrected chi connectivity index (χ3v) is 6.52. The van der Waals surface area contributed by atoms with E-state index >= 15 is 0 Å². The summed E-state index contributed by atoms with van der Waals surface area (Å²) in [5, 5.41) is 23.2. The lowest BCUT2D eigenvalue weighted by Crippen LogP contribution is -2.41. The number of phenolic OH excluding ortho intramolecular Hbond substituents is 1. The maximum Gasteiger partial charge on any atom is 0.407 e. The fraction of sp³-hybridized carbons (Fsp3) is 0.387. The zero-order chi connectivity index (χ0) is 28.8. The highest BCUT2D eigenvalue weighted by atomic mass is 35.5. The van der Waals surface area contributed by atoms with Gasteiger partial charge in [-0.3, -0.25) is 0 Å². The molecule has 212 valence electrons. The average molecular weight is 574 g/mol. The summed E-state index contributed by atoms with van der Waals surface area (Å²) in [6.07, 6.45) is 1.76. The van der Waals surface area contributed by atoms with Crippen LogP contribution in [0.1, 0.15) is 58.6 Å². The first-order valence-electron chi connectivity index (χ1n) is 13.1. The maximum absolute atomic E-state index is 12.0. The van der Waals surface area contributed by atoms with E-state index in [1.54, 1.807) is 39.0 Å². The van der Waals surface area contributed by atoms with Gasteiger partial charge in [-0.1, -0.05) is 80.0 Å². The number of hydrogen-bond acceptors (Lipinski definition) is 6. The summed E-state index contributed by atoms with van der Waals surface area (Å²) >= 11 is 7.92. The van der Waals surface area contributed by atoms with E-state index in [1.165, 1.54) is 18.2 Å². The Morgan fingerprint density at radius 3 is 2.36 bits per heavy atom. The van der Waals surface area contributed by atoms with Crippen molar-refractivity contribution in [3.63, 3.8) is 0 Å². The zero-order valence-corrected chi connectivity index (χ0v) is 24.9. The van der Waals surface area contributed by atoms with Gasteiger partial charge >= 0.3 is 6.09 Å². The molecule has 0 radical (unpaired) electrons. The largest absolute Gasteiger partial charge is 0.507 e. The van der Waals surface area contributed by atoms with Crippen LogP contribution in [0.2, 0.25) is 5.02 Å². The Kier molecular flexibility index (Phi) is 13.5. The molecule has 0 fully saturated rings. The number of hydrogen-bond donors (Lipinski definition) is 3. The molecule has 6 nitrogen and oxygen atoms in total. The number of carbonyl (C=O) groups is 1. The number of aliphatic hydroxyl groups excluding tert-OH is 1. The molecule has 0 aliphatic rings. The summed E-state index contributed by atoms with van der Waals surface area (Å²) in [4.78, 5) is 13.5. The SMILES string of the molecule is CC(C)(C)OC(=O)NC(CO)CCc1ccc(Sc2cc(OCc3ccccc3)ccc2O)cc1Cl.CCC. The van der Waals surface area contributed by atoms with Gasteiger partial charge in [0, 0.05) is 9.92 Å². The molecule has 1 unspecified atom stereocenters. The Morgan fingerprint density at radius 2 is 1.74 bits per heavy atom. The molecule has 0 saturated carbocycles. The minimum Gasteiger partial charge on any atom is -0.507 e. The molecule has 0 saturated heterocycles. The van der Waals surface area contributed by atoms with Crippen LogP contribution in [0.5, 0.6) is 11.5 Å². The van der Waals surface area contributed by atoms with Crippen LogP contribution in [-0.2, 0) is 17.8 Å². The van der Waals surface area contributed by atoms with Crippen LogP contribution in [0.15, 0.2) is 76.5 Å². The molecule has 8 heteroatoms. The summed E-state index contributed by atoms with van der Waals surface area (Å²) in [7, 11) is 0. The Hall–Kier alpha value is -2.87. The van der Waals surface area contributed by atoms with Gasteiger partial charge in [0.2, 0.25) is 0 Å². The number of benzene rings is 3. The molecule has 0 spiro atoms. The molecule has 39 heavy (non-hydrogen) atoms. The first kappa shape index (κ1) is 32.3. The van der Waals surface area contributed by atoms with E-state index in [2.05, 4.69) is 19.2 Å². The first-order chi connectivity index (χ1) is 18.5. The van der Waals surface area contributed by atoms with Crippen molar-refractivity contribution in [3.8, 4) is 11.5 Å². The summed E-state index contributed by atoms with van der Waals surface area (Å²) in [5.41, 5.74) is 1.35. The molecule has 3 rings (SSSR count). The predicted octanol–water partition coefficient (Wildman–Crippen LogP) is 8.01. The van der Waals surface area contributed by atoms with Crippen molar-refractivity contribution in [1.82, 2.24) is 5.32 Å². The third kappa shape index (κ3) is 12.2. The van der Waals surface area contributed by atoms with E-state index < -0.39 is 17.7 Å². The van der Waals surface area contributed by atoms with Gasteiger partial charge in [0.25, 0.3) is 0 Å². The van der Waals surface area contributed by atoms with Crippen molar-refractivity contribution >= 4 is 29.5 Å². The van der Waals surface area contributed by atoms with Crippen LogP contribution in [-0.4, -0.2) is 34.6 Å². The highest BCUT2D eigenvalue weighted by Gasteiger charge is 2.19. The van der Waals surface area contributed by atoms with E-state index in [-0.39, 0.29) is 12.4 Å². The Morgan fingerprint density at radius 1 is 1.05 bits per heavy atom. The molecule has 3 aromatic carbocycles.